The SMILES string of the molecule is Cc1cccc(C)c1CN1CCC2(CCNC2)C1. The first-order valence-electron chi connectivity index (χ1n) is 7.17. The second-order valence-electron chi connectivity index (χ2n) is 6.26. The molecular formula is C16H24N2. The number of nitrogens with zero attached hydrogens (tertiary/aromatic N) is 1. The van der Waals surface area contributed by atoms with E-state index in [1.165, 1.54) is 50.1 Å². The molecule has 1 spiro atoms. The molecule has 1 unspecified atom stereocenters. The maximum Gasteiger partial charge on any atom is 0.0239 e. The third-order valence-electron chi connectivity index (χ3n) is 4.88. The third kappa shape index (κ3) is 2.19. The van der Waals surface area contributed by atoms with Gasteiger partial charge < -0.3 is 5.32 Å². The molecule has 3 rings (SSSR count). The molecule has 2 saturated heterocycles. The molecule has 0 bridgehead atoms. The number of nitrogens with one attached hydrogen (secondary N) is 1. The lowest BCUT2D eigenvalue weighted by molar-refractivity contribution is 0.268. The smallest absolute Gasteiger partial charge is 0.0239 e. The lowest BCUT2D eigenvalue weighted by atomic mass is 9.86. The van der Waals surface area contributed by atoms with Crippen LogP contribution in [0.3, 0.4) is 0 Å². The molecule has 0 saturated carbocycles. The Hall–Kier alpha value is -0.860. The van der Waals surface area contributed by atoms with Gasteiger partial charge in [0.25, 0.3) is 0 Å². The molecule has 0 amide bonds. The van der Waals surface area contributed by atoms with Crippen LogP contribution in [0.2, 0.25) is 0 Å². The van der Waals surface area contributed by atoms with E-state index in [1.807, 2.05) is 0 Å². The fourth-order valence-corrected chi connectivity index (χ4v) is 3.63. The Morgan fingerprint density at radius 2 is 2.00 bits per heavy atom. The summed E-state index contributed by atoms with van der Waals surface area (Å²) in [5.74, 6) is 0. The van der Waals surface area contributed by atoms with Crippen molar-refractivity contribution in [1.29, 1.82) is 0 Å². The summed E-state index contributed by atoms with van der Waals surface area (Å²) in [6.45, 7) is 10.6. The van der Waals surface area contributed by atoms with E-state index in [0.717, 1.165) is 6.54 Å². The summed E-state index contributed by atoms with van der Waals surface area (Å²) in [7, 11) is 0. The van der Waals surface area contributed by atoms with Crippen LogP contribution in [0.15, 0.2) is 18.2 Å². The molecule has 1 aromatic carbocycles. The summed E-state index contributed by atoms with van der Waals surface area (Å²) < 4.78 is 0. The highest BCUT2D eigenvalue weighted by Gasteiger charge is 2.40. The van der Waals surface area contributed by atoms with Crippen molar-refractivity contribution in [3.8, 4) is 0 Å². The molecule has 2 heteroatoms. The Morgan fingerprint density at radius 1 is 1.22 bits per heavy atom. The summed E-state index contributed by atoms with van der Waals surface area (Å²) in [4.78, 5) is 2.66. The second kappa shape index (κ2) is 4.67. The summed E-state index contributed by atoms with van der Waals surface area (Å²) >= 11 is 0. The molecule has 1 aromatic rings. The highest BCUT2D eigenvalue weighted by atomic mass is 15.2. The van der Waals surface area contributed by atoms with E-state index in [2.05, 4.69) is 42.3 Å². The predicted molar refractivity (Wildman–Crippen MR) is 75.7 cm³/mol. The Morgan fingerprint density at radius 3 is 2.67 bits per heavy atom. The highest BCUT2D eigenvalue weighted by Crippen LogP contribution is 2.36. The summed E-state index contributed by atoms with van der Waals surface area (Å²) in [6, 6.07) is 6.65. The van der Waals surface area contributed by atoms with Crippen molar-refractivity contribution in [2.75, 3.05) is 26.2 Å². The van der Waals surface area contributed by atoms with Crippen LogP contribution in [0, 0.1) is 19.3 Å². The van der Waals surface area contributed by atoms with Gasteiger partial charge in [0.1, 0.15) is 0 Å². The van der Waals surface area contributed by atoms with Crippen LogP contribution >= 0.6 is 0 Å². The van der Waals surface area contributed by atoms with Gasteiger partial charge in [-0.05, 0) is 61.9 Å². The topological polar surface area (TPSA) is 15.3 Å². The standard InChI is InChI=1S/C16H24N2/c1-13-4-3-5-14(2)15(13)10-18-9-7-16(12-18)6-8-17-11-16/h3-5,17H,6-12H2,1-2H3. The molecule has 0 radical (unpaired) electrons. The molecule has 2 heterocycles. The minimum atomic E-state index is 0.594. The molecule has 0 aromatic heterocycles. The molecular weight excluding hydrogens is 220 g/mol. The van der Waals surface area contributed by atoms with Crippen molar-refractivity contribution in [1.82, 2.24) is 10.2 Å². The van der Waals surface area contributed by atoms with E-state index in [0.29, 0.717) is 5.41 Å². The van der Waals surface area contributed by atoms with Gasteiger partial charge in [0, 0.05) is 19.6 Å². The molecule has 98 valence electrons. The van der Waals surface area contributed by atoms with Gasteiger partial charge in [-0.2, -0.15) is 0 Å². The van der Waals surface area contributed by atoms with Crippen molar-refractivity contribution in [3.05, 3.63) is 34.9 Å². The van der Waals surface area contributed by atoms with Crippen molar-refractivity contribution < 1.29 is 0 Å². The zero-order valence-electron chi connectivity index (χ0n) is 11.6. The molecule has 1 atom stereocenters. The summed E-state index contributed by atoms with van der Waals surface area (Å²) in [6.07, 6.45) is 2.75. The predicted octanol–water partition coefficient (Wildman–Crippen LogP) is 2.49. The van der Waals surface area contributed by atoms with E-state index in [-0.39, 0.29) is 0 Å². The Kier molecular flexibility index (Phi) is 3.16. The Bertz CT molecular complexity index is 412. The zero-order valence-corrected chi connectivity index (χ0v) is 11.6. The van der Waals surface area contributed by atoms with Crippen LogP contribution in [0.4, 0.5) is 0 Å². The van der Waals surface area contributed by atoms with Gasteiger partial charge in [0.05, 0.1) is 0 Å². The summed E-state index contributed by atoms with van der Waals surface area (Å²) in [5, 5.41) is 3.54. The Balaban J connectivity index is 1.71. The van der Waals surface area contributed by atoms with E-state index < -0.39 is 0 Å². The minimum absolute atomic E-state index is 0.594. The van der Waals surface area contributed by atoms with Crippen LogP contribution in [-0.4, -0.2) is 31.1 Å². The summed E-state index contributed by atoms with van der Waals surface area (Å²) in [5.41, 5.74) is 5.03. The van der Waals surface area contributed by atoms with Gasteiger partial charge in [-0.25, -0.2) is 0 Å². The average molecular weight is 244 g/mol. The molecule has 2 aliphatic heterocycles. The van der Waals surface area contributed by atoms with Gasteiger partial charge in [-0.1, -0.05) is 18.2 Å². The van der Waals surface area contributed by atoms with Crippen molar-refractivity contribution in [3.63, 3.8) is 0 Å². The highest BCUT2D eigenvalue weighted by molar-refractivity contribution is 5.33. The van der Waals surface area contributed by atoms with E-state index in [1.54, 1.807) is 5.56 Å². The third-order valence-corrected chi connectivity index (χ3v) is 4.88. The van der Waals surface area contributed by atoms with E-state index >= 15 is 0 Å². The lowest BCUT2D eigenvalue weighted by Gasteiger charge is -2.23. The van der Waals surface area contributed by atoms with Gasteiger partial charge in [0.15, 0.2) is 0 Å². The van der Waals surface area contributed by atoms with Crippen molar-refractivity contribution in [2.24, 2.45) is 5.41 Å². The first kappa shape index (κ1) is 12.2. The largest absolute Gasteiger partial charge is 0.316 e. The van der Waals surface area contributed by atoms with Gasteiger partial charge >= 0.3 is 0 Å². The molecule has 2 nitrogen and oxygen atoms in total. The number of benzene rings is 1. The van der Waals surface area contributed by atoms with Crippen molar-refractivity contribution >= 4 is 0 Å². The first-order valence-corrected chi connectivity index (χ1v) is 7.17. The van der Waals surface area contributed by atoms with E-state index in [9.17, 15) is 0 Å². The van der Waals surface area contributed by atoms with Gasteiger partial charge in [-0.3, -0.25) is 4.90 Å². The molecule has 2 aliphatic rings. The van der Waals surface area contributed by atoms with Crippen LogP contribution in [-0.2, 0) is 6.54 Å². The van der Waals surface area contributed by atoms with Gasteiger partial charge in [-0.15, -0.1) is 0 Å². The van der Waals surface area contributed by atoms with Crippen molar-refractivity contribution in [2.45, 2.75) is 33.2 Å². The maximum absolute atomic E-state index is 3.54. The van der Waals surface area contributed by atoms with Crippen LogP contribution in [0.25, 0.3) is 0 Å². The average Bonchev–Trinajstić information content (AvgIpc) is 2.96. The number of rotatable bonds is 2. The number of hydrogen-bond donors (Lipinski definition) is 1. The van der Waals surface area contributed by atoms with Crippen LogP contribution < -0.4 is 5.32 Å². The lowest BCUT2D eigenvalue weighted by Crippen LogP contribution is -2.29. The monoisotopic (exact) mass is 244 g/mol. The molecule has 2 fully saturated rings. The second-order valence-corrected chi connectivity index (χ2v) is 6.26. The van der Waals surface area contributed by atoms with Crippen LogP contribution in [0.1, 0.15) is 29.5 Å². The van der Waals surface area contributed by atoms with Gasteiger partial charge in [0.2, 0.25) is 0 Å². The number of hydrogen-bond acceptors (Lipinski definition) is 2. The normalized spacial score (nSPS) is 28.3. The minimum Gasteiger partial charge on any atom is -0.316 e. The fourth-order valence-electron chi connectivity index (χ4n) is 3.63. The molecule has 1 N–H and O–H groups in total. The molecule has 0 aliphatic carbocycles. The number of aryl methyl sites for hydroxylation is 2. The quantitative estimate of drug-likeness (QED) is 0.860. The maximum atomic E-state index is 3.54. The molecule has 18 heavy (non-hydrogen) atoms. The number of likely N-dealkylation sites (tertiary alicyclic amines) is 1. The Labute approximate surface area is 110 Å². The van der Waals surface area contributed by atoms with Crippen LogP contribution in [0.5, 0.6) is 0 Å². The van der Waals surface area contributed by atoms with E-state index in [4.69, 9.17) is 0 Å². The zero-order chi connectivity index (χ0) is 12.6. The fraction of sp³-hybridized carbons (Fsp3) is 0.625. The first-order chi connectivity index (χ1) is 8.69.